The molecule has 0 aliphatic heterocycles. The van der Waals surface area contributed by atoms with Gasteiger partial charge in [0.1, 0.15) is 0 Å². The number of nitrogens with zero attached hydrogens (tertiary/aromatic N) is 2. The number of nitrogens with two attached hydrogens (primary N) is 1. The van der Waals surface area contributed by atoms with Crippen molar-refractivity contribution in [3.63, 3.8) is 0 Å². The first-order valence-electron chi connectivity index (χ1n) is 6.10. The summed E-state index contributed by atoms with van der Waals surface area (Å²) in [6.45, 7) is 0. The van der Waals surface area contributed by atoms with Crippen molar-refractivity contribution in [3.05, 3.63) is 57.7 Å². The number of benzene rings is 1. The number of hydrogen-bond acceptors (Lipinski definition) is 5. The van der Waals surface area contributed by atoms with E-state index < -0.39 is 0 Å². The van der Waals surface area contributed by atoms with Crippen molar-refractivity contribution in [2.75, 3.05) is 0 Å². The van der Waals surface area contributed by atoms with Gasteiger partial charge in [0, 0.05) is 9.85 Å². The van der Waals surface area contributed by atoms with Crippen LogP contribution in [0.3, 0.4) is 0 Å². The van der Waals surface area contributed by atoms with Crippen LogP contribution < -0.4 is 5.73 Å². The highest BCUT2D eigenvalue weighted by Gasteiger charge is 2.17. The van der Waals surface area contributed by atoms with Crippen LogP contribution in [0.5, 0.6) is 0 Å². The van der Waals surface area contributed by atoms with Gasteiger partial charge in [-0.2, -0.15) is 4.98 Å². The molecule has 20 heavy (non-hydrogen) atoms. The van der Waals surface area contributed by atoms with E-state index in [0.717, 1.165) is 14.9 Å². The van der Waals surface area contributed by atoms with E-state index in [9.17, 15) is 0 Å². The van der Waals surface area contributed by atoms with E-state index >= 15 is 0 Å². The third-order valence-electron chi connectivity index (χ3n) is 2.85. The van der Waals surface area contributed by atoms with E-state index in [-0.39, 0.29) is 6.04 Å². The summed E-state index contributed by atoms with van der Waals surface area (Å²) >= 11 is 4.97. The Morgan fingerprint density at radius 1 is 1.30 bits per heavy atom. The van der Waals surface area contributed by atoms with E-state index in [1.165, 1.54) is 0 Å². The van der Waals surface area contributed by atoms with E-state index in [2.05, 4.69) is 26.1 Å². The summed E-state index contributed by atoms with van der Waals surface area (Å²) in [7, 11) is 0. The Labute approximate surface area is 128 Å². The van der Waals surface area contributed by atoms with E-state index in [0.29, 0.717) is 18.1 Å². The zero-order valence-electron chi connectivity index (χ0n) is 10.5. The Kier molecular flexibility index (Phi) is 3.95. The zero-order valence-corrected chi connectivity index (χ0v) is 12.9. The van der Waals surface area contributed by atoms with Crippen molar-refractivity contribution >= 4 is 27.3 Å². The summed E-state index contributed by atoms with van der Waals surface area (Å²) in [5.74, 6) is 1.05. The van der Waals surface area contributed by atoms with Gasteiger partial charge < -0.3 is 10.3 Å². The molecule has 0 aliphatic carbocycles. The molecule has 0 bridgehead atoms. The Bertz CT molecular complexity index is 695. The molecule has 2 aromatic heterocycles. The van der Waals surface area contributed by atoms with Crippen molar-refractivity contribution in [3.8, 4) is 10.7 Å². The number of rotatable bonds is 4. The highest BCUT2D eigenvalue weighted by Crippen LogP contribution is 2.28. The van der Waals surface area contributed by atoms with Gasteiger partial charge in [-0.3, -0.25) is 0 Å². The van der Waals surface area contributed by atoms with Crippen LogP contribution in [-0.4, -0.2) is 10.1 Å². The van der Waals surface area contributed by atoms with Gasteiger partial charge in [-0.05, 0) is 34.0 Å². The SMILES string of the molecule is NC(Cc1ccccc1)c1nc(-c2cc(Br)cs2)no1. The van der Waals surface area contributed by atoms with E-state index in [4.69, 9.17) is 10.3 Å². The van der Waals surface area contributed by atoms with Gasteiger partial charge in [-0.1, -0.05) is 35.5 Å². The third kappa shape index (κ3) is 2.98. The Morgan fingerprint density at radius 2 is 2.10 bits per heavy atom. The Hall–Kier alpha value is -1.50. The lowest BCUT2D eigenvalue weighted by Gasteiger charge is -2.05. The average Bonchev–Trinajstić information content (AvgIpc) is 3.08. The van der Waals surface area contributed by atoms with Crippen molar-refractivity contribution < 1.29 is 4.52 Å². The fraction of sp³-hybridized carbons (Fsp3) is 0.143. The van der Waals surface area contributed by atoms with Gasteiger partial charge in [0.05, 0.1) is 10.9 Å². The molecule has 0 saturated heterocycles. The van der Waals surface area contributed by atoms with Gasteiger partial charge >= 0.3 is 0 Å². The summed E-state index contributed by atoms with van der Waals surface area (Å²) < 4.78 is 6.28. The first kappa shape index (κ1) is 13.5. The van der Waals surface area contributed by atoms with Gasteiger partial charge in [0.15, 0.2) is 0 Å². The molecular formula is C14H12BrN3OS. The first-order chi connectivity index (χ1) is 9.72. The topological polar surface area (TPSA) is 64.9 Å². The Balaban J connectivity index is 1.76. The molecule has 1 unspecified atom stereocenters. The van der Waals surface area contributed by atoms with Gasteiger partial charge in [0.2, 0.25) is 11.7 Å². The zero-order chi connectivity index (χ0) is 13.9. The fourth-order valence-corrected chi connectivity index (χ4v) is 3.22. The first-order valence-corrected chi connectivity index (χ1v) is 7.77. The van der Waals surface area contributed by atoms with E-state index in [1.807, 2.05) is 41.8 Å². The molecule has 1 atom stereocenters. The smallest absolute Gasteiger partial charge is 0.244 e. The molecule has 6 heteroatoms. The molecule has 2 N–H and O–H groups in total. The molecular weight excluding hydrogens is 338 g/mol. The van der Waals surface area contributed by atoms with Crippen molar-refractivity contribution in [2.24, 2.45) is 5.73 Å². The molecule has 2 heterocycles. The predicted molar refractivity (Wildman–Crippen MR) is 82.4 cm³/mol. The molecule has 3 rings (SSSR count). The monoisotopic (exact) mass is 349 g/mol. The lowest BCUT2D eigenvalue weighted by atomic mass is 10.1. The quantitative estimate of drug-likeness (QED) is 0.777. The standard InChI is InChI=1S/C14H12BrN3OS/c15-10-7-12(20-8-10)13-17-14(19-18-13)11(16)6-9-4-2-1-3-5-9/h1-5,7-8,11H,6,16H2. The molecule has 0 fully saturated rings. The average molecular weight is 350 g/mol. The van der Waals surface area contributed by atoms with Crippen LogP contribution in [-0.2, 0) is 6.42 Å². The lowest BCUT2D eigenvalue weighted by molar-refractivity contribution is 0.354. The maximum absolute atomic E-state index is 6.12. The number of halogens is 1. The second kappa shape index (κ2) is 5.87. The maximum atomic E-state index is 6.12. The number of hydrogen-bond donors (Lipinski definition) is 1. The second-order valence-corrected chi connectivity index (χ2v) is 6.21. The van der Waals surface area contributed by atoms with Crippen LogP contribution >= 0.6 is 27.3 Å². The van der Waals surface area contributed by atoms with Gasteiger partial charge in [-0.15, -0.1) is 11.3 Å². The van der Waals surface area contributed by atoms with Crippen LogP contribution in [0.1, 0.15) is 17.5 Å². The molecule has 0 radical (unpaired) electrons. The summed E-state index contributed by atoms with van der Waals surface area (Å²) in [4.78, 5) is 5.33. The number of aromatic nitrogens is 2. The van der Waals surface area contributed by atoms with Crippen LogP contribution in [0, 0.1) is 0 Å². The van der Waals surface area contributed by atoms with Crippen molar-refractivity contribution in [1.29, 1.82) is 0 Å². The van der Waals surface area contributed by atoms with Crippen molar-refractivity contribution in [1.82, 2.24) is 10.1 Å². The molecule has 0 aliphatic rings. The molecule has 102 valence electrons. The van der Waals surface area contributed by atoms with Crippen LogP contribution in [0.4, 0.5) is 0 Å². The maximum Gasteiger partial charge on any atom is 0.244 e. The molecule has 1 aromatic carbocycles. The van der Waals surface area contributed by atoms with Crippen LogP contribution in [0.25, 0.3) is 10.7 Å². The summed E-state index contributed by atoms with van der Waals surface area (Å²) in [6, 6.07) is 11.7. The van der Waals surface area contributed by atoms with Crippen LogP contribution in [0.15, 0.2) is 50.8 Å². The summed E-state index contributed by atoms with van der Waals surface area (Å²) in [6.07, 6.45) is 0.677. The van der Waals surface area contributed by atoms with E-state index in [1.54, 1.807) is 11.3 Å². The Morgan fingerprint density at radius 3 is 2.80 bits per heavy atom. The van der Waals surface area contributed by atoms with Crippen LogP contribution in [0.2, 0.25) is 0 Å². The highest BCUT2D eigenvalue weighted by molar-refractivity contribution is 9.10. The van der Waals surface area contributed by atoms with Crippen molar-refractivity contribution in [2.45, 2.75) is 12.5 Å². The lowest BCUT2D eigenvalue weighted by Crippen LogP contribution is -2.13. The molecule has 4 nitrogen and oxygen atoms in total. The predicted octanol–water partition coefficient (Wildman–Crippen LogP) is 3.80. The fourth-order valence-electron chi connectivity index (χ4n) is 1.87. The highest BCUT2D eigenvalue weighted by atomic mass is 79.9. The summed E-state index contributed by atoms with van der Waals surface area (Å²) in [5, 5.41) is 5.97. The minimum Gasteiger partial charge on any atom is -0.337 e. The summed E-state index contributed by atoms with van der Waals surface area (Å²) in [5.41, 5.74) is 7.27. The largest absolute Gasteiger partial charge is 0.337 e. The number of thiophene rings is 1. The third-order valence-corrected chi connectivity index (χ3v) is 4.53. The molecule has 0 saturated carbocycles. The second-order valence-electron chi connectivity index (χ2n) is 4.38. The normalized spacial score (nSPS) is 12.5. The molecule has 3 aromatic rings. The van der Waals surface area contributed by atoms with Gasteiger partial charge in [-0.25, -0.2) is 0 Å². The molecule has 0 spiro atoms. The van der Waals surface area contributed by atoms with Gasteiger partial charge in [0.25, 0.3) is 0 Å². The minimum absolute atomic E-state index is 0.290. The minimum atomic E-state index is -0.290. The molecule has 0 amide bonds.